The van der Waals surface area contributed by atoms with Gasteiger partial charge in [0, 0.05) is 6.26 Å². The molecule has 0 fully saturated rings. The van der Waals surface area contributed by atoms with Gasteiger partial charge in [-0.15, -0.1) is 5.10 Å². The predicted octanol–water partition coefficient (Wildman–Crippen LogP) is 0.0396. The minimum atomic E-state index is -3.34. The van der Waals surface area contributed by atoms with Crippen molar-refractivity contribution >= 4 is 21.5 Å². The van der Waals surface area contributed by atoms with E-state index in [1.165, 1.54) is 36.3 Å². The molecule has 0 aliphatic rings. The second kappa shape index (κ2) is 4.93. The monoisotopic (exact) mass is 296 g/mol. The van der Waals surface area contributed by atoms with E-state index in [-0.39, 0.29) is 16.4 Å². The van der Waals surface area contributed by atoms with E-state index in [9.17, 15) is 13.2 Å². The number of ether oxygens (including phenoxy) is 1. The maximum Gasteiger partial charge on any atom is 0.377 e. The molecule has 106 valence electrons. The minimum absolute atomic E-state index is 0.104. The Morgan fingerprint density at radius 3 is 2.65 bits per heavy atom. The fourth-order valence-electron chi connectivity index (χ4n) is 1.54. The Bertz CT molecular complexity index is 766. The van der Waals surface area contributed by atoms with Crippen LogP contribution in [0.5, 0.6) is 0 Å². The number of sulfone groups is 1. The molecule has 0 saturated carbocycles. The highest BCUT2D eigenvalue weighted by Crippen LogP contribution is 2.20. The molecule has 0 unspecified atom stereocenters. The Labute approximate surface area is 115 Å². The molecule has 0 aliphatic heterocycles. The molecule has 20 heavy (non-hydrogen) atoms. The highest BCUT2D eigenvalue weighted by molar-refractivity contribution is 7.90. The number of benzene rings is 1. The Morgan fingerprint density at radius 2 is 2.10 bits per heavy atom. The molecule has 0 aliphatic carbocycles. The van der Waals surface area contributed by atoms with Crippen LogP contribution in [0.1, 0.15) is 10.6 Å². The lowest BCUT2D eigenvalue weighted by Gasteiger charge is -2.06. The average Bonchev–Trinajstić information content (AvgIpc) is 2.86. The molecule has 8 nitrogen and oxygen atoms in total. The number of nitrogen functional groups attached to an aromatic ring is 1. The third kappa shape index (κ3) is 2.62. The van der Waals surface area contributed by atoms with Gasteiger partial charge in [0.25, 0.3) is 5.82 Å². The molecular formula is C11H12N4O4S. The highest BCUT2D eigenvalue weighted by atomic mass is 32.2. The van der Waals surface area contributed by atoms with Crippen molar-refractivity contribution in [3.05, 3.63) is 30.4 Å². The van der Waals surface area contributed by atoms with Crippen molar-refractivity contribution in [1.82, 2.24) is 14.8 Å². The van der Waals surface area contributed by atoms with Crippen molar-refractivity contribution in [2.75, 3.05) is 19.1 Å². The molecule has 0 saturated heterocycles. The number of nitrogens with two attached hydrogens (primary N) is 1. The number of nitrogens with zero attached hydrogens (tertiary/aromatic N) is 3. The number of methoxy groups -OCH3 is 1. The minimum Gasteiger partial charge on any atom is -0.463 e. The lowest BCUT2D eigenvalue weighted by atomic mass is 10.3. The summed E-state index contributed by atoms with van der Waals surface area (Å²) in [5, 5.41) is 3.91. The van der Waals surface area contributed by atoms with E-state index in [0.717, 1.165) is 6.26 Å². The van der Waals surface area contributed by atoms with E-state index in [1.54, 1.807) is 0 Å². The zero-order chi connectivity index (χ0) is 14.9. The lowest BCUT2D eigenvalue weighted by Crippen LogP contribution is -2.07. The summed E-state index contributed by atoms with van der Waals surface area (Å²) in [6.07, 6.45) is 2.38. The van der Waals surface area contributed by atoms with Gasteiger partial charge in [0.15, 0.2) is 9.84 Å². The second-order valence-electron chi connectivity index (χ2n) is 4.00. The molecule has 2 rings (SSSR count). The molecule has 0 spiro atoms. The van der Waals surface area contributed by atoms with E-state index in [1.807, 2.05) is 0 Å². The van der Waals surface area contributed by atoms with Crippen molar-refractivity contribution < 1.29 is 17.9 Å². The zero-order valence-electron chi connectivity index (χ0n) is 10.8. The van der Waals surface area contributed by atoms with Crippen LogP contribution in [-0.2, 0) is 14.6 Å². The summed E-state index contributed by atoms with van der Waals surface area (Å²) in [5.74, 6) is -0.783. The molecule has 0 atom stereocenters. The Morgan fingerprint density at radius 1 is 1.40 bits per heavy atom. The number of carbonyl (C=O) groups is 1. The molecule has 1 aromatic heterocycles. The highest BCUT2D eigenvalue weighted by Gasteiger charge is 2.15. The van der Waals surface area contributed by atoms with Gasteiger partial charge >= 0.3 is 5.97 Å². The van der Waals surface area contributed by atoms with Crippen molar-refractivity contribution in [1.29, 1.82) is 0 Å². The number of anilines is 1. The van der Waals surface area contributed by atoms with Crippen molar-refractivity contribution in [3.63, 3.8) is 0 Å². The summed E-state index contributed by atoms with van der Waals surface area (Å²) in [5.41, 5.74) is 6.42. The third-order valence-corrected chi connectivity index (χ3v) is 3.64. The van der Waals surface area contributed by atoms with Crippen molar-refractivity contribution in [3.8, 4) is 5.69 Å². The van der Waals surface area contributed by atoms with Crippen molar-refractivity contribution in [2.24, 2.45) is 0 Å². The van der Waals surface area contributed by atoms with Gasteiger partial charge in [-0.2, -0.15) is 0 Å². The van der Waals surface area contributed by atoms with Gasteiger partial charge in [-0.3, -0.25) is 0 Å². The first kappa shape index (κ1) is 14.0. The third-order valence-electron chi connectivity index (χ3n) is 2.53. The molecule has 0 radical (unpaired) electrons. The Kier molecular flexibility index (Phi) is 3.45. The average molecular weight is 296 g/mol. The quantitative estimate of drug-likeness (QED) is 0.627. The van der Waals surface area contributed by atoms with Gasteiger partial charge in [0.2, 0.25) is 0 Å². The largest absolute Gasteiger partial charge is 0.463 e. The van der Waals surface area contributed by atoms with Gasteiger partial charge in [-0.05, 0) is 18.2 Å². The van der Waals surface area contributed by atoms with Crippen LogP contribution in [0.15, 0.2) is 29.4 Å². The molecule has 1 aromatic carbocycles. The number of hydrogen-bond acceptors (Lipinski definition) is 7. The first-order chi connectivity index (χ1) is 9.32. The summed E-state index contributed by atoms with van der Waals surface area (Å²) in [6, 6.07) is 4.21. The fraction of sp³-hybridized carbons (Fsp3) is 0.182. The summed E-state index contributed by atoms with van der Waals surface area (Å²) in [6.45, 7) is 0. The van der Waals surface area contributed by atoms with E-state index >= 15 is 0 Å². The van der Waals surface area contributed by atoms with Crippen LogP contribution in [-0.4, -0.2) is 42.5 Å². The number of aromatic nitrogens is 3. The molecule has 1 heterocycles. The number of carbonyl (C=O) groups excluding carboxylic acids is 1. The van der Waals surface area contributed by atoms with Crippen LogP contribution in [0.2, 0.25) is 0 Å². The van der Waals surface area contributed by atoms with E-state index in [0.29, 0.717) is 5.69 Å². The van der Waals surface area contributed by atoms with Crippen LogP contribution in [0.3, 0.4) is 0 Å². The lowest BCUT2D eigenvalue weighted by molar-refractivity contribution is 0.0587. The van der Waals surface area contributed by atoms with Gasteiger partial charge in [0.05, 0.1) is 23.4 Å². The van der Waals surface area contributed by atoms with Crippen molar-refractivity contribution in [2.45, 2.75) is 4.90 Å². The Hall–Kier alpha value is -2.42. The zero-order valence-corrected chi connectivity index (χ0v) is 11.6. The van der Waals surface area contributed by atoms with Crippen LogP contribution in [0.25, 0.3) is 5.69 Å². The predicted molar refractivity (Wildman–Crippen MR) is 70.2 cm³/mol. The van der Waals surface area contributed by atoms with E-state index < -0.39 is 15.8 Å². The van der Waals surface area contributed by atoms with Crippen LogP contribution >= 0.6 is 0 Å². The molecule has 9 heteroatoms. The van der Waals surface area contributed by atoms with Crippen LogP contribution in [0, 0.1) is 0 Å². The summed E-state index contributed by atoms with van der Waals surface area (Å²) >= 11 is 0. The van der Waals surface area contributed by atoms with E-state index in [4.69, 9.17) is 5.73 Å². The topological polar surface area (TPSA) is 117 Å². The summed E-state index contributed by atoms with van der Waals surface area (Å²) < 4.78 is 28.6. The first-order valence-electron chi connectivity index (χ1n) is 5.43. The number of esters is 1. The maximum atomic E-state index is 11.4. The Balaban J connectivity index is 2.44. The molecule has 0 bridgehead atoms. The molecule has 0 amide bonds. The second-order valence-corrected chi connectivity index (χ2v) is 6.01. The summed E-state index contributed by atoms with van der Waals surface area (Å²) in [4.78, 5) is 15.1. The van der Waals surface area contributed by atoms with Crippen LogP contribution in [0.4, 0.5) is 5.69 Å². The van der Waals surface area contributed by atoms with Gasteiger partial charge < -0.3 is 10.5 Å². The molecule has 2 N–H and O–H groups in total. The SMILES string of the molecule is COC(=O)c1ncn(-c2ccc(S(C)(=O)=O)cc2N)n1. The number of hydrogen-bond donors (Lipinski definition) is 1. The maximum absolute atomic E-state index is 11.4. The summed E-state index contributed by atoms with van der Waals surface area (Å²) in [7, 11) is -2.12. The van der Waals surface area contributed by atoms with Crippen LogP contribution < -0.4 is 5.73 Å². The standard InChI is InChI=1S/C11H12N4O4S/c1-19-11(16)10-13-6-15(14-10)9-4-3-7(5-8(9)12)20(2,17)18/h3-6H,12H2,1-2H3. The van der Waals surface area contributed by atoms with Gasteiger partial charge in [-0.25, -0.2) is 22.9 Å². The normalized spacial score (nSPS) is 11.3. The van der Waals surface area contributed by atoms with Gasteiger partial charge in [-0.1, -0.05) is 0 Å². The smallest absolute Gasteiger partial charge is 0.377 e. The number of rotatable bonds is 3. The van der Waals surface area contributed by atoms with Gasteiger partial charge in [0.1, 0.15) is 6.33 Å². The first-order valence-corrected chi connectivity index (χ1v) is 7.32. The molecular weight excluding hydrogens is 284 g/mol. The molecule has 2 aromatic rings. The fourth-order valence-corrected chi connectivity index (χ4v) is 2.19. The van der Waals surface area contributed by atoms with E-state index in [2.05, 4.69) is 14.8 Å².